The lowest BCUT2D eigenvalue weighted by Gasteiger charge is -2.18. The lowest BCUT2D eigenvalue weighted by atomic mass is 10.0. The van der Waals surface area contributed by atoms with Gasteiger partial charge < -0.3 is 10.1 Å². The lowest BCUT2D eigenvalue weighted by Crippen LogP contribution is -2.32. The van der Waals surface area contributed by atoms with Gasteiger partial charge in [0, 0.05) is 10.7 Å². The van der Waals surface area contributed by atoms with Gasteiger partial charge in [-0.15, -0.1) is 0 Å². The predicted molar refractivity (Wildman–Crippen MR) is 123 cm³/mol. The van der Waals surface area contributed by atoms with Crippen molar-refractivity contribution in [2.24, 2.45) is 0 Å². The van der Waals surface area contributed by atoms with Crippen LogP contribution in [-0.4, -0.2) is 18.9 Å². The quantitative estimate of drug-likeness (QED) is 0.521. The summed E-state index contributed by atoms with van der Waals surface area (Å²) in [5, 5.41) is 3.47. The highest BCUT2D eigenvalue weighted by Crippen LogP contribution is 2.39. The Labute approximate surface area is 190 Å². The second-order valence-corrected chi connectivity index (χ2v) is 7.96. The van der Waals surface area contributed by atoms with Gasteiger partial charge in [0.25, 0.3) is 11.8 Å². The number of methoxy groups -OCH3 is 1. The molecule has 3 aromatic carbocycles. The minimum Gasteiger partial charge on any atom is -0.495 e. The molecule has 3 aromatic rings. The Morgan fingerprint density at radius 3 is 2.19 bits per heavy atom. The maximum Gasteiger partial charge on any atom is 0.282 e. The molecule has 32 heavy (non-hydrogen) atoms. The van der Waals surface area contributed by atoms with Crippen molar-refractivity contribution in [1.29, 1.82) is 0 Å². The predicted octanol–water partition coefficient (Wildman–Crippen LogP) is 5.50. The van der Waals surface area contributed by atoms with Crippen LogP contribution in [0.3, 0.4) is 0 Å². The Morgan fingerprint density at radius 1 is 0.906 bits per heavy atom. The average molecular weight is 451 g/mol. The number of anilines is 2. The molecule has 0 aromatic heterocycles. The van der Waals surface area contributed by atoms with Crippen molar-refractivity contribution < 1.29 is 18.7 Å². The molecule has 0 saturated heterocycles. The van der Waals surface area contributed by atoms with Gasteiger partial charge in [0.1, 0.15) is 17.3 Å². The molecular weight excluding hydrogens is 431 g/mol. The maximum atomic E-state index is 13.5. The fourth-order valence-corrected chi connectivity index (χ4v) is 3.94. The molecule has 4 rings (SSSR count). The molecule has 1 heterocycles. The third-order valence-corrected chi connectivity index (χ3v) is 5.32. The number of nitrogens with zero attached hydrogens (tertiary/aromatic N) is 1. The molecule has 1 aliphatic rings. The highest BCUT2D eigenvalue weighted by Gasteiger charge is 2.41. The molecule has 162 valence electrons. The molecular formula is C25H20ClFN2O3. The van der Waals surface area contributed by atoms with Crippen LogP contribution in [0, 0.1) is 19.7 Å². The van der Waals surface area contributed by atoms with Crippen molar-refractivity contribution in [2.75, 3.05) is 17.3 Å². The van der Waals surface area contributed by atoms with Crippen LogP contribution in [0.15, 0.2) is 66.4 Å². The van der Waals surface area contributed by atoms with Gasteiger partial charge in [-0.05, 0) is 73.0 Å². The van der Waals surface area contributed by atoms with E-state index in [4.69, 9.17) is 16.3 Å². The number of carbonyl (C=O) groups excluding carboxylic acids is 2. The number of hydrogen-bond donors (Lipinski definition) is 1. The van der Waals surface area contributed by atoms with E-state index in [1.807, 2.05) is 32.0 Å². The molecule has 0 bridgehead atoms. The molecule has 1 aliphatic heterocycles. The fraction of sp³-hybridized carbons (Fsp3) is 0.120. The Bertz CT molecular complexity index is 1250. The Hall–Kier alpha value is -3.64. The van der Waals surface area contributed by atoms with Gasteiger partial charge in [-0.3, -0.25) is 9.59 Å². The van der Waals surface area contributed by atoms with Crippen LogP contribution in [0.4, 0.5) is 15.8 Å². The van der Waals surface area contributed by atoms with Crippen molar-refractivity contribution in [2.45, 2.75) is 13.8 Å². The number of hydrogen-bond acceptors (Lipinski definition) is 4. The summed E-state index contributed by atoms with van der Waals surface area (Å²) in [6.07, 6.45) is 0. The summed E-state index contributed by atoms with van der Waals surface area (Å²) in [7, 11) is 1.45. The zero-order valence-corrected chi connectivity index (χ0v) is 18.5. The van der Waals surface area contributed by atoms with Crippen molar-refractivity contribution >= 4 is 40.4 Å². The number of rotatable bonds is 5. The average Bonchev–Trinajstić information content (AvgIpc) is 2.97. The van der Waals surface area contributed by atoms with Gasteiger partial charge >= 0.3 is 0 Å². The van der Waals surface area contributed by atoms with Gasteiger partial charge in [0.05, 0.1) is 18.4 Å². The molecule has 0 atom stereocenters. The largest absolute Gasteiger partial charge is 0.495 e. The maximum absolute atomic E-state index is 13.5. The number of nitrogens with one attached hydrogen (secondary N) is 1. The summed E-state index contributed by atoms with van der Waals surface area (Å²) in [6, 6.07) is 15.9. The first kappa shape index (κ1) is 21.6. The second-order valence-electron chi connectivity index (χ2n) is 7.52. The lowest BCUT2D eigenvalue weighted by molar-refractivity contribution is -0.120. The van der Waals surface area contributed by atoms with Gasteiger partial charge in [0.15, 0.2) is 0 Å². The zero-order valence-electron chi connectivity index (χ0n) is 17.7. The standard InChI is InChI=1S/C25H20ClFN2O3/c1-14-10-15(2)12-19(11-14)28-23-22(16-4-7-18(27)8-5-16)24(30)29(25(23)31)20-13-17(26)6-9-21(20)32-3/h4-13,28H,1-3H3. The number of ether oxygens (including phenoxy) is 1. The highest BCUT2D eigenvalue weighted by atomic mass is 35.5. The van der Waals surface area contributed by atoms with E-state index in [-0.39, 0.29) is 17.0 Å². The smallest absolute Gasteiger partial charge is 0.282 e. The van der Waals surface area contributed by atoms with Crippen LogP contribution in [0.5, 0.6) is 5.75 Å². The molecule has 0 spiro atoms. The van der Waals surface area contributed by atoms with Crippen molar-refractivity contribution in [3.05, 3.63) is 93.9 Å². The highest BCUT2D eigenvalue weighted by molar-refractivity contribution is 6.46. The molecule has 0 fully saturated rings. The van der Waals surface area contributed by atoms with E-state index in [1.54, 1.807) is 12.1 Å². The minimum atomic E-state index is -0.561. The molecule has 0 aliphatic carbocycles. The summed E-state index contributed by atoms with van der Waals surface area (Å²) in [5.74, 6) is -1.24. The first-order valence-electron chi connectivity index (χ1n) is 9.86. The van der Waals surface area contributed by atoms with Gasteiger partial charge in [-0.25, -0.2) is 9.29 Å². The van der Waals surface area contributed by atoms with Gasteiger partial charge in [0.2, 0.25) is 0 Å². The SMILES string of the molecule is COc1ccc(Cl)cc1N1C(=O)C(Nc2cc(C)cc(C)c2)=C(c2ccc(F)cc2)C1=O. The minimum absolute atomic E-state index is 0.0913. The van der Waals surface area contributed by atoms with Crippen LogP contribution < -0.4 is 15.0 Å². The monoisotopic (exact) mass is 450 g/mol. The molecule has 0 saturated carbocycles. The third kappa shape index (κ3) is 3.97. The molecule has 0 unspecified atom stereocenters. The van der Waals surface area contributed by atoms with E-state index >= 15 is 0 Å². The summed E-state index contributed by atoms with van der Waals surface area (Å²) in [6.45, 7) is 3.89. The fourth-order valence-electron chi connectivity index (χ4n) is 3.78. The third-order valence-electron chi connectivity index (χ3n) is 5.09. The summed E-state index contributed by atoms with van der Waals surface area (Å²) >= 11 is 6.14. The zero-order chi connectivity index (χ0) is 23.0. The topological polar surface area (TPSA) is 58.6 Å². The molecule has 1 N–H and O–H groups in total. The number of aryl methyl sites for hydroxylation is 2. The van der Waals surface area contributed by atoms with Crippen molar-refractivity contribution in [3.8, 4) is 5.75 Å². The number of halogens is 2. The van der Waals surface area contributed by atoms with E-state index in [0.29, 0.717) is 22.0 Å². The van der Waals surface area contributed by atoms with E-state index in [2.05, 4.69) is 5.32 Å². The number of imide groups is 1. The molecule has 7 heteroatoms. The molecule has 5 nitrogen and oxygen atoms in total. The summed E-state index contributed by atoms with van der Waals surface area (Å²) in [4.78, 5) is 28.1. The van der Waals surface area contributed by atoms with E-state index in [0.717, 1.165) is 16.0 Å². The van der Waals surface area contributed by atoms with Crippen LogP contribution >= 0.6 is 11.6 Å². The number of amides is 2. The first-order chi connectivity index (χ1) is 15.3. The van der Waals surface area contributed by atoms with Crippen LogP contribution in [0.2, 0.25) is 5.02 Å². The van der Waals surface area contributed by atoms with E-state index in [9.17, 15) is 14.0 Å². The van der Waals surface area contributed by atoms with E-state index < -0.39 is 17.6 Å². The summed E-state index contributed by atoms with van der Waals surface area (Å²) < 4.78 is 18.9. The Balaban J connectivity index is 1.87. The second kappa shape index (κ2) is 8.48. The Kier molecular flexibility index (Phi) is 5.72. The number of carbonyl (C=O) groups is 2. The van der Waals surface area contributed by atoms with Crippen LogP contribution in [0.25, 0.3) is 5.57 Å². The van der Waals surface area contributed by atoms with Gasteiger partial charge in [-0.2, -0.15) is 0 Å². The normalized spacial score (nSPS) is 13.7. The molecule has 0 radical (unpaired) electrons. The number of benzene rings is 3. The van der Waals surface area contributed by atoms with E-state index in [1.165, 1.54) is 37.4 Å². The van der Waals surface area contributed by atoms with Crippen molar-refractivity contribution in [1.82, 2.24) is 0 Å². The Morgan fingerprint density at radius 2 is 1.56 bits per heavy atom. The van der Waals surface area contributed by atoms with Crippen LogP contribution in [0.1, 0.15) is 16.7 Å². The van der Waals surface area contributed by atoms with Crippen LogP contribution in [-0.2, 0) is 9.59 Å². The molecule has 2 amide bonds. The summed E-state index contributed by atoms with van der Waals surface area (Å²) in [5.41, 5.74) is 3.54. The van der Waals surface area contributed by atoms with Gasteiger partial charge in [-0.1, -0.05) is 29.8 Å². The van der Waals surface area contributed by atoms with Crippen molar-refractivity contribution in [3.63, 3.8) is 0 Å². The first-order valence-corrected chi connectivity index (χ1v) is 10.2.